The standard InChI is InChI=1S/C11H11ClN2O3/c1-3-14-9(8(16-2)6-13-14)10(15)7-4-5-17-11(7)12/h4-6H,3H2,1-2H3. The molecule has 0 unspecified atom stereocenters. The molecule has 90 valence electrons. The highest BCUT2D eigenvalue weighted by atomic mass is 35.5. The summed E-state index contributed by atoms with van der Waals surface area (Å²) in [5, 5.41) is 4.13. The van der Waals surface area contributed by atoms with Crippen LogP contribution in [0.15, 0.2) is 22.9 Å². The number of carbonyl (C=O) groups is 1. The van der Waals surface area contributed by atoms with Crippen LogP contribution in [0.1, 0.15) is 23.0 Å². The summed E-state index contributed by atoms with van der Waals surface area (Å²) in [6.07, 6.45) is 2.87. The molecule has 2 heterocycles. The van der Waals surface area contributed by atoms with Gasteiger partial charge in [-0.15, -0.1) is 0 Å². The minimum absolute atomic E-state index is 0.0703. The fourth-order valence-corrected chi connectivity index (χ4v) is 1.77. The first-order chi connectivity index (χ1) is 8.19. The van der Waals surface area contributed by atoms with Crippen LogP contribution in [0.4, 0.5) is 0 Å². The zero-order chi connectivity index (χ0) is 12.4. The molecule has 0 amide bonds. The van der Waals surface area contributed by atoms with E-state index in [2.05, 4.69) is 5.10 Å². The summed E-state index contributed by atoms with van der Waals surface area (Å²) >= 11 is 5.78. The third-order valence-corrected chi connectivity index (χ3v) is 2.70. The number of ketones is 1. The van der Waals surface area contributed by atoms with E-state index in [0.29, 0.717) is 23.6 Å². The van der Waals surface area contributed by atoms with Crippen LogP contribution >= 0.6 is 11.6 Å². The first kappa shape index (κ1) is 11.7. The van der Waals surface area contributed by atoms with Crippen molar-refractivity contribution in [2.24, 2.45) is 0 Å². The third-order valence-electron chi connectivity index (χ3n) is 2.40. The molecule has 0 aliphatic rings. The molecule has 0 saturated carbocycles. The Morgan fingerprint density at radius 2 is 2.41 bits per heavy atom. The number of hydrogen-bond donors (Lipinski definition) is 0. The molecular weight excluding hydrogens is 244 g/mol. The molecule has 0 aliphatic heterocycles. The molecule has 0 spiro atoms. The predicted octanol–water partition coefficient (Wildman–Crippen LogP) is 2.39. The quantitative estimate of drug-likeness (QED) is 0.786. The zero-order valence-electron chi connectivity index (χ0n) is 9.44. The number of ether oxygens (including phenoxy) is 1. The molecule has 0 atom stereocenters. The van der Waals surface area contributed by atoms with Crippen LogP contribution in [0.5, 0.6) is 5.75 Å². The maximum Gasteiger partial charge on any atom is 0.219 e. The molecule has 2 aromatic rings. The molecule has 2 aromatic heterocycles. The number of hydrogen-bond acceptors (Lipinski definition) is 4. The van der Waals surface area contributed by atoms with E-state index >= 15 is 0 Å². The number of nitrogens with zero attached hydrogens (tertiary/aromatic N) is 2. The Balaban J connectivity index is 2.50. The van der Waals surface area contributed by atoms with E-state index in [9.17, 15) is 4.79 Å². The summed E-state index contributed by atoms with van der Waals surface area (Å²) in [6, 6.07) is 1.52. The number of carbonyl (C=O) groups excluding carboxylic acids is 1. The highest BCUT2D eigenvalue weighted by molar-refractivity contribution is 6.33. The smallest absolute Gasteiger partial charge is 0.219 e. The molecule has 0 aliphatic carbocycles. The van der Waals surface area contributed by atoms with Crippen molar-refractivity contribution in [1.29, 1.82) is 0 Å². The second kappa shape index (κ2) is 4.63. The Hall–Kier alpha value is -1.75. The van der Waals surface area contributed by atoms with E-state index in [-0.39, 0.29) is 11.0 Å². The predicted molar refractivity (Wildman–Crippen MR) is 61.6 cm³/mol. The van der Waals surface area contributed by atoms with Crippen LogP contribution in [-0.4, -0.2) is 22.7 Å². The second-order valence-corrected chi connectivity index (χ2v) is 3.66. The van der Waals surface area contributed by atoms with E-state index in [4.69, 9.17) is 20.8 Å². The lowest BCUT2D eigenvalue weighted by molar-refractivity contribution is 0.102. The number of methoxy groups -OCH3 is 1. The Morgan fingerprint density at radius 1 is 1.65 bits per heavy atom. The van der Waals surface area contributed by atoms with E-state index in [1.807, 2.05) is 6.92 Å². The molecule has 5 nitrogen and oxygen atoms in total. The number of furan rings is 1. The normalized spacial score (nSPS) is 10.5. The number of aryl methyl sites for hydroxylation is 1. The van der Waals surface area contributed by atoms with Gasteiger partial charge in [-0.05, 0) is 24.6 Å². The molecule has 0 fully saturated rings. The van der Waals surface area contributed by atoms with Gasteiger partial charge in [0.2, 0.25) is 11.0 Å². The van der Waals surface area contributed by atoms with E-state index in [0.717, 1.165) is 0 Å². The van der Waals surface area contributed by atoms with E-state index in [1.54, 1.807) is 4.68 Å². The Morgan fingerprint density at radius 3 is 2.94 bits per heavy atom. The highest BCUT2D eigenvalue weighted by Crippen LogP contribution is 2.25. The van der Waals surface area contributed by atoms with Gasteiger partial charge in [0.25, 0.3) is 0 Å². The lowest BCUT2D eigenvalue weighted by Crippen LogP contribution is -2.11. The zero-order valence-corrected chi connectivity index (χ0v) is 10.2. The largest absolute Gasteiger partial charge is 0.493 e. The molecule has 2 rings (SSSR count). The van der Waals surface area contributed by atoms with Crippen molar-refractivity contribution < 1.29 is 13.9 Å². The van der Waals surface area contributed by atoms with Gasteiger partial charge in [0, 0.05) is 6.54 Å². The summed E-state index contributed by atoms with van der Waals surface area (Å²) in [5.41, 5.74) is 0.679. The lowest BCUT2D eigenvalue weighted by atomic mass is 10.1. The van der Waals surface area contributed by atoms with Gasteiger partial charge < -0.3 is 9.15 Å². The number of halogens is 1. The van der Waals surface area contributed by atoms with E-state index in [1.165, 1.54) is 25.6 Å². The Kier molecular flexibility index (Phi) is 3.19. The monoisotopic (exact) mass is 254 g/mol. The topological polar surface area (TPSA) is 57.3 Å². The van der Waals surface area contributed by atoms with Crippen molar-refractivity contribution in [3.63, 3.8) is 0 Å². The first-order valence-electron chi connectivity index (χ1n) is 5.06. The maximum atomic E-state index is 12.3. The SMILES string of the molecule is CCn1ncc(OC)c1C(=O)c1ccoc1Cl. The first-order valence-corrected chi connectivity index (χ1v) is 5.44. The van der Waals surface area contributed by atoms with Crippen molar-refractivity contribution >= 4 is 17.4 Å². The Bertz CT molecular complexity index is 523. The van der Waals surface area contributed by atoms with Gasteiger partial charge in [0.05, 0.1) is 25.1 Å². The minimum atomic E-state index is -0.264. The van der Waals surface area contributed by atoms with Gasteiger partial charge in [-0.2, -0.15) is 5.10 Å². The minimum Gasteiger partial charge on any atom is -0.493 e. The summed E-state index contributed by atoms with van der Waals surface area (Å²) in [6.45, 7) is 2.46. The van der Waals surface area contributed by atoms with Crippen molar-refractivity contribution in [1.82, 2.24) is 9.78 Å². The van der Waals surface area contributed by atoms with Gasteiger partial charge in [-0.25, -0.2) is 0 Å². The van der Waals surface area contributed by atoms with Crippen molar-refractivity contribution in [3.05, 3.63) is 35.0 Å². The van der Waals surface area contributed by atoms with Crippen molar-refractivity contribution in [3.8, 4) is 5.75 Å². The Labute approximate surface area is 103 Å². The van der Waals surface area contributed by atoms with Crippen LogP contribution in [-0.2, 0) is 6.54 Å². The van der Waals surface area contributed by atoms with Gasteiger partial charge in [-0.3, -0.25) is 9.48 Å². The molecule has 0 radical (unpaired) electrons. The molecule has 6 heteroatoms. The summed E-state index contributed by atoms with van der Waals surface area (Å²) in [4.78, 5) is 12.3. The molecule has 17 heavy (non-hydrogen) atoms. The van der Waals surface area contributed by atoms with Crippen molar-refractivity contribution in [2.75, 3.05) is 7.11 Å². The third kappa shape index (κ3) is 1.93. The van der Waals surface area contributed by atoms with E-state index < -0.39 is 0 Å². The molecular formula is C11H11ClN2O3. The average Bonchev–Trinajstić information content (AvgIpc) is 2.93. The van der Waals surface area contributed by atoms with Crippen LogP contribution in [0.3, 0.4) is 0 Å². The number of aromatic nitrogens is 2. The van der Waals surface area contributed by atoms with Crippen LogP contribution in [0, 0.1) is 0 Å². The summed E-state index contributed by atoms with van der Waals surface area (Å²) in [7, 11) is 1.49. The molecule has 0 saturated heterocycles. The lowest BCUT2D eigenvalue weighted by Gasteiger charge is -2.04. The van der Waals surface area contributed by atoms with Gasteiger partial charge in [0.1, 0.15) is 0 Å². The maximum absolute atomic E-state index is 12.3. The average molecular weight is 255 g/mol. The molecule has 0 bridgehead atoms. The van der Waals surface area contributed by atoms with Crippen LogP contribution in [0.2, 0.25) is 5.22 Å². The fraction of sp³-hybridized carbons (Fsp3) is 0.273. The van der Waals surface area contributed by atoms with Gasteiger partial charge >= 0.3 is 0 Å². The molecule has 0 N–H and O–H groups in total. The number of rotatable bonds is 4. The summed E-state index contributed by atoms with van der Waals surface area (Å²) in [5.74, 6) is 0.161. The summed E-state index contributed by atoms with van der Waals surface area (Å²) < 4.78 is 11.6. The van der Waals surface area contributed by atoms with Crippen LogP contribution < -0.4 is 4.74 Å². The fourth-order valence-electron chi connectivity index (χ4n) is 1.57. The highest BCUT2D eigenvalue weighted by Gasteiger charge is 2.23. The molecule has 0 aromatic carbocycles. The van der Waals surface area contributed by atoms with Gasteiger partial charge in [-0.1, -0.05) is 0 Å². The van der Waals surface area contributed by atoms with Gasteiger partial charge in [0.15, 0.2) is 11.4 Å². The van der Waals surface area contributed by atoms with Crippen molar-refractivity contribution in [2.45, 2.75) is 13.5 Å². The van der Waals surface area contributed by atoms with Crippen LogP contribution in [0.25, 0.3) is 0 Å². The second-order valence-electron chi connectivity index (χ2n) is 3.31.